The van der Waals surface area contributed by atoms with Crippen LogP contribution in [-0.4, -0.2) is 33.7 Å². The van der Waals surface area contributed by atoms with E-state index >= 15 is 0 Å². The molecule has 4 nitrogen and oxygen atoms in total. The molecule has 0 saturated carbocycles. The maximum Gasteiger partial charge on any atom is 0.257 e. The minimum absolute atomic E-state index is 0.143. The van der Waals surface area contributed by atoms with Gasteiger partial charge in [0.25, 0.3) is 5.91 Å². The quantitative estimate of drug-likeness (QED) is 0.736. The molecule has 1 aliphatic heterocycles. The van der Waals surface area contributed by atoms with Gasteiger partial charge >= 0.3 is 0 Å². The molecule has 1 saturated heterocycles. The molecule has 1 aromatic heterocycles. The predicted octanol–water partition coefficient (Wildman–Crippen LogP) is 1.45. The Morgan fingerprint density at radius 1 is 1.47 bits per heavy atom. The maximum absolute atomic E-state index is 12.1. The van der Waals surface area contributed by atoms with E-state index in [9.17, 15) is 4.79 Å². The number of carbonyl (C=O) groups excluding carboxylic acids is 1. The van der Waals surface area contributed by atoms with Crippen LogP contribution in [0.1, 0.15) is 35.8 Å². The number of aryl methyl sites for hydroxylation is 2. The van der Waals surface area contributed by atoms with E-state index in [0.29, 0.717) is 0 Å². The molecule has 1 aromatic rings. The molecule has 1 amide bonds. The topological polar surface area (TPSA) is 38.1 Å². The van der Waals surface area contributed by atoms with Crippen molar-refractivity contribution < 1.29 is 4.79 Å². The third-order valence-corrected chi connectivity index (χ3v) is 2.89. The van der Waals surface area contributed by atoms with E-state index in [1.165, 1.54) is 0 Å². The van der Waals surface area contributed by atoms with Gasteiger partial charge in [0, 0.05) is 25.8 Å². The Bertz CT molecular complexity index is 364. The van der Waals surface area contributed by atoms with E-state index in [2.05, 4.69) is 5.10 Å². The Morgan fingerprint density at radius 3 is 2.67 bits per heavy atom. The minimum atomic E-state index is 0.143. The second-order valence-electron chi connectivity index (χ2n) is 3.98. The number of aromatic nitrogens is 2. The highest BCUT2D eigenvalue weighted by atomic mass is 16.2. The van der Waals surface area contributed by atoms with Crippen molar-refractivity contribution in [2.45, 2.75) is 33.2 Å². The summed E-state index contributed by atoms with van der Waals surface area (Å²) >= 11 is 0. The smallest absolute Gasteiger partial charge is 0.257 e. The first-order chi connectivity index (χ1) is 7.22. The van der Waals surface area contributed by atoms with Crippen LogP contribution < -0.4 is 0 Å². The fourth-order valence-electron chi connectivity index (χ4n) is 1.98. The highest BCUT2D eigenvalue weighted by Crippen LogP contribution is 2.14. The standard InChI is InChI=1S/C11H17N3O/c1-3-14-8-10(9(2)12-14)11(15)13-6-4-5-7-13/h8H,3-7H2,1-2H3. The van der Waals surface area contributed by atoms with Gasteiger partial charge < -0.3 is 4.90 Å². The molecule has 0 N–H and O–H groups in total. The van der Waals surface area contributed by atoms with Gasteiger partial charge in [0.1, 0.15) is 0 Å². The molecular weight excluding hydrogens is 190 g/mol. The Balaban J connectivity index is 2.20. The van der Waals surface area contributed by atoms with Crippen LogP contribution in [0.25, 0.3) is 0 Å². The second kappa shape index (κ2) is 4.04. The minimum Gasteiger partial charge on any atom is -0.339 e. The zero-order chi connectivity index (χ0) is 10.8. The van der Waals surface area contributed by atoms with Crippen LogP contribution in [-0.2, 0) is 6.54 Å². The fourth-order valence-corrected chi connectivity index (χ4v) is 1.98. The van der Waals surface area contributed by atoms with Crippen molar-refractivity contribution in [3.63, 3.8) is 0 Å². The summed E-state index contributed by atoms with van der Waals surface area (Å²) in [7, 11) is 0. The lowest BCUT2D eigenvalue weighted by Gasteiger charge is -2.13. The molecule has 1 aliphatic rings. The van der Waals surface area contributed by atoms with Crippen molar-refractivity contribution in [3.8, 4) is 0 Å². The molecule has 4 heteroatoms. The number of hydrogen-bond donors (Lipinski definition) is 0. The average molecular weight is 207 g/mol. The van der Waals surface area contributed by atoms with E-state index in [4.69, 9.17) is 0 Å². The van der Waals surface area contributed by atoms with Gasteiger partial charge in [-0.05, 0) is 26.7 Å². The average Bonchev–Trinajstić information content (AvgIpc) is 2.85. The van der Waals surface area contributed by atoms with Crippen LogP contribution in [0.15, 0.2) is 6.20 Å². The molecule has 82 valence electrons. The summed E-state index contributed by atoms with van der Waals surface area (Å²) in [4.78, 5) is 14.0. The fraction of sp³-hybridized carbons (Fsp3) is 0.636. The van der Waals surface area contributed by atoms with Crippen molar-refractivity contribution >= 4 is 5.91 Å². The van der Waals surface area contributed by atoms with Crippen molar-refractivity contribution in [2.24, 2.45) is 0 Å². The summed E-state index contributed by atoms with van der Waals surface area (Å²) in [6.45, 7) is 6.53. The van der Waals surface area contributed by atoms with Gasteiger partial charge in [-0.3, -0.25) is 9.48 Å². The van der Waals surface area contributed by atoms with E-state index in [1.807, 2.05) is 29.6 Å². The maximum atomic E-state index is 12.1. The summed E-state index contributed by atoms with van der Waals surface area (Å²) in [5.74, 6) is 0.143. The Labute approximate surface area is 89.9 Å². The van der Waals surface area contributed by atoms with Crippen LogP contribution in [0, 0.1) is 6.92 Å². The highest BCUT2D eigenvalue weighted by molar-refractivity contribution is 5.95. The first-order valence-corrected chi connectivity index (χ1v) is 5.55. The molecule has 0 aliphatic carbocycles. The summed E-state index contributed by atoms with van der Waals surface area (Å²) in [6, 6.07) is 0. The first-order valence-electron chi connectivity index (χ1n) is 5.55. The van der Waals surface area contributed by atoms with Crippen molar-refractivity contribution in [2.75, 3.05) is 13.1 Å². The van der Waals surface area contributed by atoms with Crippen LogP contribution >= 0.6 is 0 Å². The lowest BCUT2D eigenvalue weighted by atomic mass is 10.2. The van der Waals surface area contributed by atoms with E-state index in [1.54, 1.807) is 0 Å². The van der Waals surface area contributed by atoms with Crippen LogP contribution in [0.4, 0.5) is 0 Å². The molecule has 0 spiro atoms. The number of nitrogens with zero attached hydrogens (tertiary/aromatic N) is 3. The van der Waals surface area contributed by atoms with Gasteiger partial charge in [-0.1, -0.05) is 0 Å². The molecule has 2 heterocycles. The number of carbonyl (C=O) groups is 1. The second-order valence-corrected chi connectivity index (χ2v) is 3.98. The first kappa shape index (κ1) is 10.2. The van der Waals surface area contributed by atoms with Gasteiger partial charge in [0.15, 0.2) is 0 Å². The summed E-state index contributed by atoms with van der Waals surface area (Å²) in [6.07, 6.45) is 4.12. The number of rotatable bonds is 2. The van der Waals surface area contributed by atoms with E-state index in [0.717, 1.165) is 43.7 Å². The molecule has 0 aromatic carbocycles. The SMILES string of the molecule is CCn1cc(C(=O)N2CCCC2)c(C)n1. The highest BCUT2D eigenvalue weighted by Gasteiger charge is 2.22. The monoisotopic (exact) mass is 207 g/mol. The molecule has 0 unspecified atom stereocenters. The third kappa shape index (κ3) is 1.89. The van der Waals surface area contributed by atoms with Gasteiger partial charge in [-0.25, -0.2) is 0 Å². The summed E-state index contributed by atoms with van der Waals surface area (Å²) in [5.41, 5.74) is 1.60. The Kier molecular flexibility index (Phi) is 2.75. The van der Waals surface area contributed by atoms with Gasteiger partial charge in [-0.2, -0.15) is 5.10 Å². The number of amides is 1. The van der Waals surface area contributed by atoms with E-state index in [-0.39, 0.29) is 5.91 Å². The third-order valence-electron chi connectivity index (χ3n) is 2.89. The lowest BCUT2D eigenvalue weighted by molar-refractivity contribution is 0.0792. The van der Waals surface area contributed by atoms with Crippen molar-refractivity contribution in [1.29, 1.82) is 0 Å². The number of likely N-dealkylation sites (tertiary alicyclic amines) is 1. The molecule has 1 fully saturated rings. The molecule has 2 rings (SSSR count). The summed E-state index contributed by atoms with van der Waals surface area (Å²) < 4.78 is 1.82. The van der Waals surface area contributed by atoms with Crippen LogP contribution in [0.2, 0.25) is 0 Å². The van der Waals surface area contributed by atoms with Crippen molar-refractivity contribution in [3.05, 3.63) is 17.5 Å². The van der Waals surface area contributed by atoms with Gasteiger partial charge in [-0.15, -0.1) is 0 Å². The molecule has 0 radical (unpaired) electrons. The molecule has 15 heavy (non-hydrogen) atoms. The summed E-state index contributed by atoms with van der Waals surface area (Å²) in [5, 5.41) is 4.29. The lowest BCUT2D eigenvalue weighted by Crippen LogP contribution is -2.27. The molecule has 0 atom stereocenters. The normalized spacial score (nSPS) is 16.0. The number of hydrogen-bond acceptors (Lipinski definition) is 2. The van der Waals surface area contributed by atoms with Gasteiger partial charge in [0.05, 0.1) is 11.3 Å². The zero-order valence-corrected chi connectivity index (χ0v) is 9.36. The molecular formula is C11H17N3O. The Hall–Kier alpha value is -1.32. The van der Waals surface area contributed by atoms with Crippen LogP contribution in [0.5, 0.6) is 0 Å². The zero-order valence-electron chi connectivity index (χ0n) is 9.36. The largest absolute Gasteiger partial charge is 0.339 e. The van der Waals surface area contributed by atoms with Crippen LogP contribution in [0.3, 0.4) is 0 Å². The predicted molar refractivity (Wildman–Crippen MR) is 57.8 cm³/mol. The van der Waals surface area contributed by atoms with Gasteiger partial charge in [0.2, 0.25) is 0 Å². The Morgan fingerprint density at radius 2 is 2.13 bits per heavy atom. The molecule has 0 bridgehead atoms. The van der Waals surface area contributed by atoms with Crippen molar-refractivity contribution in [1.82, 2.24) is 14.7 Å². The van der Waals surface area contributed by atoms with E-state index < -0.39 is 0 Å².